The standard InChI is InChI=1S/C11H17NO4/c1-10(2,3)16-9(15)12-11(4,5)7-6-8(13)14/h1-5H3,(H,12,15)(H,13,14). The van der Waals surface area contributed by atoms with Gasteiger partial charge in [0.05, 0.1) is 5.54 Å². The van der Waals surface area contributed by atoms with Crippen LogP contribution in [0.25, 0.3) is 0 Å². The fourth-order valence-electron chi connectivity index (χ4n) is 0.800. The molecule has 1 amide bonds. The molecule has 0 fully saturated rings. The van der Waals surface area contributed by atoms with Gasteiger partial charge in [0.15, 0.2) is 0 Å². The van der Waals surface area contributed by atoms with Crippen molar-refractivity contribution in [1.82, 2.24) is 5.32 Å². The molecule has 0 atom stereocenters. The lowest BCUT2D eigenvalue weighted by atomic mass is 10.1. The van der Waals surface area contributed by atoms with Crippen molar-refractivity contribution in [1.29, 1.82) is 0 Å². The van der Waals surface area contributed by atoms with Crippen molar-refractivity contribution in [3.05, 3.63) is 0 Å². The molecule has 0 aliphatic carbocycles. The number of hydrogen-bond acceptors (Lipinski definition) is 3. The molecule has 0 heterocycles. The maximum Gasteiger partial charge on any atom is 0.408 e. The van der Waals surface area contributed by atoms with E-state index in [-0.39, 0.29) is 0 Å². The van der Waals surface area contributed by atoms with E-state index in [0.29, 0.717) is 0 Å². The van der Waals surface area contributed by atoms with Crippen molar-refractivity contribution in [2.75, 3.05) is 0 Å². The topological polar surface area (TPSA) is 75.6 Å². The smallest absolute Gasteiger partial charge is 0.408 e. The van der Waals surface area contributed by atoms with E-state index in [0.717, 1.165) is 0 Å². The fourth-order valence-corrected chi connectivity index (χ4v) is 0.800. The number of ether oxygens (including phenoxy) is 1. The minimum absolute atomic E-state index is 0.597. The van der Waals surface area contributed by atoms with Crippen molar-refractivity contribution >= 4 is 12.1 Å². The molecule has 0 aromatic heterocycles. The quantitative estimate of drug-likeness (QED) is 0.663. The predicted octanol–water partition coefficient (Wildman–Crippen LogP) is 1.38. The first-order chi connectivity index (χ1) is 7.02. The number of hydrogen-bond donors (Lipinski definition) is 2. The maximum absolute atomic E-state index is 11.4. The Kier molecular flexibility index (Phi) is 4.36. The highest BCUT2D eigenvalue weighted by atomic mass is 16.6. The predicted molar refractivity (Wildman–Crippen MR) is 58.9 cm³/mol. The second-order valence-corrected chi connectivity index (χ2v) is 4.81. The van der Waals surface area contributed by atoms with Gasteiger partial charge in [0, 0.05) is 5.92 Å². The Bertz CT molecular complexity index is 341. The van der Waals surface area contributed by atoms with Gasteiger partial charge in [0.1, 0.15) is 5.60 Å². The van der Waals surface area contributed by atoms with Gasteiger partial charge in [-0.05, 0) is 34.6 Å². The summed E-state index contributed by atoms with van der Waals surface area (Å²) in [7, 11) is 0. The third kappa shape index (κ3) is 7.68. The van der Waals surface area contributed by atoms with Crippen molar-refractivity contribution in [3.8, 4) is 11.8 Å². The third-order valence-electron chi connectivity index (χ3n) is 1.30. The monoisotopic (exact) mass is 227 g/mol. The molecular formula is C11H17NO4. The molecule has 0 aromatic rings. The Labute approximate surface area is 95.2 Å². The van der Waals surface area contributed by atoms with E-state index in [1.807, 2.05) is 5.92 Å². The summed E-state index contributed by atoms with van der Waals surface area (Å²) in [4.78, 5) is 21.6. The van der Waals surface area contributed by atoms with Gasteiger partial charge in [0.25, 0.3) is 0 Å². The van der Waals surface area contributed by atoms with E-state index >= 15 is 0 Å². The number of carbonyl (C=O) groups is 2. The number of carbonyl (C=O) groups excluding carboxylic acids is 1. The number of nitrogens with one attached hydrogen (secondary N) is 1. The average Bonchev–Trinajstić information content (AvgIpc) is 1.95. The first-order valence-corrected chi connectivity index (χ1v) is 4.79. The lowest BCUT2D eigenvalue weighted by Gasteiger charge is -2.24. The van der Waals surface area contributed by atoms with E-state index in [1.54, 1.807) is 34.6 Å². The van der Waals surface area contributed by atoms with Crippen LogP contribution in [0.1, 0.15) is 34.6 Å². The van der Waals surface area contributed by atoms with E-state index in [2.05, 4.69) is 11.2 Å². The lowest BCUT2D eigenvalue weighted by molar-refractivity contribution is -0.130. The Hall–Kier alpha value is -1.70. The van der Waals surface area contributed by atoms with Crippen LogP contribution in [-0.2, 0) is 9.53 Å². The van der Waals surface area contributed by atoms with Gasteiger partial charge in [-0.2, -0.15) is 0 Å². The molecule has 5 nitrogen and oxygen atoms in total. The minimum Gasteiger partial charge on any atom is -0.472 e. The van der Waals surface area contributed by atoms with E-state index < -0.39 is 23.2 Å². The fraction of sp³-hybridized carbons (Fsp3) is 0.636. The Morgan fingerprint density at radius 3 is 2.06 bits per heavy atom. The van der Waals surface area contributed by atoms with Crippen LogP contribution < -0.4 is 5.32 Å². The summed E-state index contributed by atoms with van der Waals surface area (Å²) in [5.41, 5.74) is -1.54. The SMILES string of the molecule is CC(C)(C#CC(=O)O)NC(=O)OC(C)(C)C. The van der Waals surface area contributed by atoms with Crippen LogP contribution in [0.5, 0.6) is 0 Å². The largest absolute Gasteiger partial charge is 0.472 e. The molecule has 5 heteroatoms. The zero-order valence-electron chi connectivity index (χ0n) is 10.2. The number of carboxylic acids is 1. The van der Waals surface area contributed by atoms with Crippen LogP contribution in [0.2, 0.25) is 0 Å². The van der Waals surface area contributed by atoms with Crippen molar-refractivity contribution in [2.45, 2.75) is 45.8 Å². The number of rotatable bonds is 1. The molecule has 0 aliphatic rings. The summed E-state index contributed by atoms with van der Waals surface area (Å²) < 4.78 is 5.02. The van der Waals surface area contributed by atoms with Gasteiger partial charge < -0.3 is 15.2 Å². The number of carboxylic acid groups (broad SMARTS) is 1. The maximum atomic E-state index is 11.4. The summed E-state index contributed by atoms with van der Waals surface area (Å²) >= 11 is 0. The van der Waals surface area contributed by atoms with Gasteiger partial charge in [-0.3, -0.25) is 0 Å². The van der Waals surface area contributed by atoms with Crippen LogP contribution in [0, 0.1) is 11.8 Å². The summed E-state index contributed by atoms with van der Waals surface area (Å²) in [6.07, 6.45) is -0.628. The van der Waals surface area contributed by atoms with Crippen molar-refractivity contribution < 1.29 is 19.4 Å². The van der Waals surface area contributed by atoms with Gasteiger partial charge in [0.2, 0.25) is 0 Å². The van der Waals surface area contributed by atoms with Gasteiger partial charge >= 0.3 is 12.1 Å². The van der Waals surface area contributed by atoms with Gasteiger partial charge in [-0.15, -0.1) is 0 Å². The normalized spacial score (nSPS) is 11.1. The molecule has 0 radical (unpaired) electrons. The molecule has 0 aromatic carbocycles. The number of alkyl carbamates (subject to hydrolysis) is 1. The lowest BCUT2D eigenvalue weighted by Crippen LogP contribution is -2.44. The van der Waals surface area contributed by atoms with Gasteiger partial charge in [-0.1, -0.05) is 5.92 Å². The summed E-state index contributed by atoms with van der Waals surface area (Å²) in [5, 5.41) is 10.8. The summed E-state index contributed by atoms with van der Waals surface area (Å²) in [6, 6.07) is 0. The van der Waals surface area contributed by atoms with Crippen LogP contribution in [0.3, 0.4) is 0 Å². The molecular weight excluding hydrogens is 210 g/mol. The summed E-state index contributed by atoms with van der Waals surface area (Å²) in [6.45, 7) is 8.40. The molecule has 0 rings (SSSR count). The van der Waals surface area contributed by atoms with Crippen molar-refractivity contribution in [2.24, 2.45) is 0 Å². The third-order valence-corrected chi connectivity index (χ3v) is 1.30. The van der Waals surface area contributed by atoms with Crippen LogP contribution in [0.4, 0.5) is 4.79 Å². The molecule has 0 saturated heterocycles. The minimum atomic E-state index is -1.24. The zero-order chi connectivity index (χ0) is 13.0. The molecule has 90 valence electrons. The molecule has 2 N–H and O–H groups in total. The van der Waals surface area contributed by atoms with Crippen LogP contribution >= 0.6 is 0 Å². The second kappa shape index (κ2) is 4.88. The number of amides is 1. The van der Waals surface area contributed by atoms with Gasteiger partial charge in [-0.25, -0.2) is 9.59 Å². The molecule has 16 heavy (non-hydrogen) atoms. The molecule has 0 aliphatic heterocycles. The molecule has 0 spiro atoms. The Morgan fingerprint density at radius 1 is 1.19 bits per heavy atom. The van der Waals surface area contributed by atoms with E-state index in [1.165, 1.54) is 0 Å². The van der Waals surface area contributed by atoms with Crippen molar-refractivity contribution in [3.63, 3.8) is 0 Å². The summed E-state index contributed by atoms with van der Waals surface area (Å²) in [5.74, 6) is 3.13. The first kappa shape index (κ1) is 14.3. The van der Waals surface area contributed by atoms with E-state index in [4.69, 9.17) is 9.84 Å². The van der Waals surface area contributed by atoms with E-state index in [9.17, 15) is 9.59 Å². The number of aliphatic carboxylic acids is 1. The van der Waals surface area contributed by atoms with Crippen LogP contribution in [-0.4, -0.2) is 28.3 Å². The zero-order valence-corrected chi connectivity index (χ0v) is 10.2. The van der Waals surface area contributed by atoms with Crippen LogP contribution in [0.15, 0.2) is 0 Å². The highest BCUT2D eigenvalue weighted by Gasteiger charge is 2.22. The second-order valence-electron chi connectivity index (χ2n) is 4.81. The average molecular weight is 227 g/mol. The molecule has 0 unspecified atom stereocenters. The Balaban J connectivity index is 4.45. The Morgan fingerprint density at radius 2 is 1.69 bits per heavy atom. The first-order valence-electron chi connectivity index (χ1n) is 4.79. The highest BCUT2D eigenvalue weighted by molar-refractivity contribution is 5.86. The highest BCUT2D eigenvalue weighted by Crippen LogP contribution is 2.08. The molecule has 0 saturated carbocycles. The molecule has 0 bridgehead atoms.